The first kappa shape index (κ1) is 15.9. The van der Waals surface area contributed by atoms with Crippen LogP contribution in [0, 0.1) is 5.41 Å². The van der Waals surface area contributed by atoms with Gasteiger partial charge in [0.2, 0.25) is 0 Å². The predicted molar refractivity (Wildman–Crippen MR) is 73.8 cm³/mol. The van der Waals surface area contributed by atoms with Gasteiger partial charge >= 0.3 is 5.97 Å². The number of methoxy groups -OCH3 is 1. The van der Waals surface area contributed by atoms with Crippen molar-refractivity contribution < 1.29 is 19.4 Å². The first-order chi connectivity index (χ1) is 9.25. The zero-order valence-corrected chi connectivity index (χ0v) is 12.1. The van der Waals surface area contributed by atoms with Crippen LogP contribution in [0.4, 0.5) is 0 Å². The van der Waals surface area contributed by atoms with Crippen LogP contribution in [0.5, 0.6) is 5.75 Å². The summed E-state index contributed by atoms with van der Waals surface area (Å²) in [5.41, 5.74) is -0.0314. The van der Waals surface area contributed by atoms with Crippen LogP contribution >= 0.6 is 0 Å². The molecule has 0 bridgehead atoms. The van der Waals surface area contributed by atoms with Gasteiger partial charge < -0.3 is 15.2 Å². The molecule has 6 heteroatoms. The minimum absolute atomic E-state index is 0.136. The monoisotopic (exact) mass is 280 g/mol. The molecule has 1 unspecified atom stereocenters. The quantitative estimate of drug-likeness (QED) is 0.857. The Morgan fingerprint density at radius 1 is 1.45 bits per heavy atom. The van der Waals surface area contributed by atoms with E-state index in [-0.39, 0.29) is 17.7 Å². The Morgan fingerprint density at radius 3 is 2.60 bits per heavy atom. The van der Waals surface area contributed by atoms with Crippen molar-refractivity contribution >= 4 is 11.9 Å². The van der Waals surface area contributed by atoms with Gasteiger partial charge in [-0.3, -0.25) is 14.6 Å². The Labute approximate surface area is 118 Å². The van der Waals surface area contributed by atoms with Gasteiger partial charge in [0.25, 0.3) is 5.91 Å². The van der Waals surface area contributed by atoms with Gasteiger partial charge in [-0.2, -0.15) is 0 Å². The minimum atomic E-state index is -0.952. The second-order valence-electron chi connectivity index (χ2n) is 5.57. The second-order valence-corrected chi connectivity index (χ2v) is 5.57. The van der Waals surface area contributed by atoms with Gasteiger partial charge in [0.15, 0.2) is 0 Å². The number of nitrogens with zero attached hydrogens (tertiary/aromatic N) is 1. The number of nitrogens with one attached hydrogen (secondary N) is 1. The van der Waals surface area contributed by atoms with Crippen LogP contribution in [0.3, 0.4) is 0 Å². The molecule has 1 atom stereocenters. The normalized spacial score (nSPS) is 12.6. The molecular weight excluding hydrogens is 260 g/mol. The van der Waals surface area contributed by atoms with E-state index in [1.165, 1.54) is 25.6 Å². The van der Waals surface area contributed by atoms with Gasteiger partial charge in [-0.1, -0.05) is 20.8 Å². The molecule has 0 aromatic carbocycles. The van der Waals surface area contributed by atoms with Gasteiger partial charge in [0, 0.05) is 12.2 Å². The number of pyridine rings is 1. The van der Waals surface area contributed by atoms with Crippen LogP contribution in [0.2, 0.25) is 0 Å². The maximum absolute atomic E-state index is 12.3. The highest BCUT2D eigenvalue weighted by Crippen LogP contribution is 2.23. The fourth-order valence-electron chi connectivity index (χ4n) is 1.71. The molecule has 110 valence electrons. The highest BCUT2D eigenvalue weighted by molar-refractivity contribution is 5.97. The Kier molecular flexibility index (Phi) is 5.07. The largest absolute Gasteiger partial charge is 0.494 e. The van der Waals surface area contributed by atoms with Gasteiger partial charge in [-0.15, -0.1) is 0 Å². The van der Waals surface area contributed by atoms with Crippen LogP contribution in [-0.4, -0.2) is 35.1 Å². The number of hydrogen-bond acceptors (Lipinski definition) is 4. The van der Waals surface area contributed by atoms with Crippen molar-refractivity contribution in [1.29, 1.82) is 0 Å². The summed E-state index contributed by atoms with van der Waals surface area (Å²) in [6.07, 6.45) is 2.79. The fraction of sp³-hybridized carbons (Fsp3) is 0.500. The van der Waals surface area contributed by atoms with E-state index in [2.05, 4.69) is 10.3 Å². The third-order valence-electron chi connectivity index (χ3n) is 2.98. The van der Waals surface area contributed by atoms with Crippen molar-refractivity contribution in [1.82, 2.24) is 10.3 Å². The Morgan fingerprint density at radius 2 is 2.10 bits per heavy atom. The number of aromatic nitrogens is 1. The molecule has 2 N–H and O–H groups in total. The molecule has 0 aliphatic rings. The smallest absolute Gasteiger partial charge is 0.305 e. The predicted octanol–water partition coefficient (Wildman–Crippen LogP) is 1.71. The summed E-state index contributed by atoms with van der Waals surface area (Å²) < 4.78 is 5.08. The lowest BCUT2D eigenvalue weighted by atomic mass is 9.84. The zero-order chi connectivity index (χ0) is 15.3. The lowest BCUT2D eigenvalue weighted by Crippen LogP contribution is -2.45. The van der Waals surface area contributed by atoms with Crippen molar-refractivity contribution in [3.8, 4) is 5.75 Å². The first-order valence-corrected chi connectivity index (χ1v) is 6.26. The molecule has 0 saturated carbocycles. The Hall–Kier alpha value is -2.11. The summed E-state index contributed by atoms with van der Waals surface area (Å²) in [6.45, 7) is 5.64. The first-order valence-electron chi connectivity index (χ1n) is 6.26. The molecule has 1 heterocycles. The van der Waals surface area contributed by atoms with E-state index in [0.29, 0.717) is 11.3 Å². The summed E-state index contributed by atoms with van der Waals surface area (Å²) in [4.78, 5) is 27.0. The molecule has 1 aromatic heterocycles. The fourth-order valence-corrected chi connectivity index (χ4v) is 1.71. The summed E-state index contributed by atoms with van der Waals surface area (Å²) in [6, 6.07) is 1.06. The molecule has 0 aliphatic heterocycles. The highest BCUT2D eigenvalue weighted by atomic mass is 16.5. The van der Waals surface area contributed by atoms with Crippen molar-refractivity contribution in [2.75, 3.05) is 7.11 Å². The topological polar surface area (TPSA) is 88.5 Å². The standard InChI is InChI=1S/C14H20N2O4/c1-14(2,3)11(7-12(17)18)16-13(19)9-5-6-15-8-10(9)20-4/h5-6,8,11H,7H2,1-4H3,(H,16,19)(H,17,18). The number of hydrogen-bond donors (Lipinski definition) is 2. The SMILES string of the molecule is COc1cnccc1C(=O)NC(CC(=O)O)C(C)(C)C. The zero-order valence-electron chi connectivity index (χ0n) is 12.1. The molecule has 20 heavy (non-hydrogen) atoms. The average molecular weight is 280 g/mol. The molecule has 0 aliphatic carbocycles. The molecule has 0 saturated heterocycles. The van der Waals surface area contributed by atoms with E-state index < -0.39 is 12.0 Å². The number of carbonyl (C=O) groups is 2. The number of carboxylic acid groups (broad SMARTS) is 1. The lowest BCUT2D eigenvalue weighted by Gasteiger charge is -2.30. The van der Waals surface area contributed by atoms with Crippen LogP contribution in [0.15, 0.2) is 18.5 Å². The number of rotatable bonds is 5. The molecule has 1 rings (SSSR count). The van der Waals surface area contributed by atoms with Crippen molar-refractivity contribution in [2.45, 2.75) is 33.2 Å². The van der Waals surface area contributed by atoms with Crippen LogP contribution in [0.25, 0.3) is 0 Å². The van der Waals surface area contributed by atoms with Crippen molar-refractivity contribution in [3.05, 3.63) is 24.0 Å². The van der Waals surface area contributed by atoms with E-state index in [9.17, 15) is 9.59 Å². The molecule has 1 amide bonds. The maximum Gasteiger partial charge on any atom is 0.305 e. The summed E-state index contributed by atoms with van der Waals surface area (Å²) in [5.74, 6) is -0.967. The van der Waals surface area contributed by atoms with E-state index in [4.69, 9.17) is 9.84 Å². The average Bonchev–Trinajstić information content (AvgIpc) is 2.36. The maximum atomic E-state index is 12.3. The minimum Gasteiger partial charge on any atom is -0.494 e. The summed E-state index contributed by atoms with van der Waals surface area (Å²) in [7, 11) is 1.45. The third-order valence-corrected chi connectivity index (χ3v) is 2.98. The summed E-state index contributed by atoms with van der Waals surface area (Å²) in [5, 5.41) is 11.7. The summed E-state index contributed by atoms with van der Waals surface area (Å²) >= 11 is 0. The molecular formula is C14H20N2O4. The molecule has 1 aromatic rings. The molecule has 6 nitrogen and oxygen atoms in total. The van der Waals surface area contributed by atoms with E-state index >= 15 is 0 Å². The van der Waals surface area contributed by atoms with Crippen molar-refractivity contribution in [2.24, 2.45) is 5.41 Å². The van der Waals surface area contributed by atoms with E-state index in [1.54, 1.807) is 0 Å². The van der Waals surface area contributed by atoms with Crippen LogP contribution in [-0.2, 0) is 4.79 Å². The van der Waals surface area contributed by atoms with Gasteiger partial charge in [-0.25, -0.2) is 0 Å². The Bertz CT molecular complexity index is 494. The van der Waals surface area contributed by atoms with Crippen LogP contribution in [0.1, 0.15) is 37.6 Å². The molecule has 0 fully saturated rings. The van der Waals surface area contributed by atoms with Gasteiger partial charge in [0.1, 0.15) is 5.75 Å². The third kappa shape index (κ3) is 4.22. The lowest BCUT2D eigenvalue weighted by molar-refractivity contribution is -0.138. The highest BCUT2D eigenvalue weighted by Gasteiger charge is 2.29. The second kappa shape index (κ2) is 6.36. The number of ether oxygens (including phenoxy) is 1. The number of amides is 1. The molecule has 0 spiro atoms. The van der Waals surface area contributed by atoms with Gasteiger partial charge in [-0.05, 0) is 11.5 Å². The van der Waals surface area contributed by atoms with E-state index in [0.717, 1.165) is 0 Å². The Balaban J connectivity index is 2.93. The van der Waals surface area contributed by atoms with Gasteiger partial charge in [0.05, 0.1) is 25.3 Å². The molecule has 0 radical (unpaired) electrons. The van der Waals surface area contributed by atoms with Crippen LogP contribution < -0.4 is 10.1 Å². The number of carbonyl (C=O) groups excluding carboxylic acids is 1. The number of aliphatic carboxylic acids is 1. The number of carboxylic acids is 1. The van der Waals surface area contributed by atoms with Crippen molar-refractivity contribution in [3.63, 3.8) is 0 Å². The van der Waals surface area contributed by atoms with E-state index in [1.807, 2.05) is 20.8 Å².